The number of nitrogens with one attached hydrogen (secondary N) is 1. The minimum absolute atomic E-state index is 0.199. The quantitative estimate of drug-likeness (QED) is 0.845. The SMILES string of the molecule is CSc1ccc(CCC(=O)NC2CCC23CCOCC3)cc1. The Labute approximate surface area is 137 Å². The second-order valence-corrected chi connectivity index (χ2v) is 7.36. The Morgan fingerprint density at radius 2 is 2.00 bits per heavy atom. The number of hydrogen-bond donors (Lipinski definition) is 1. The van der Waals surface area contributed by atoms with E-state index in [0.29, 0.717) is 17.9 Å². The summed E-state index contributed by atoms with van der Waals surface area (Å²) in [6.45, 7) is 1.71. The third-order valence-electron chi connectivity index (χ3n) is 5.29. The van der Waals surface area contributed by atoms with Gasteiger partial charge in [0.2, 0.25) is 5.91 Å². The molecule has 1 heterocycles. The van der Waals surface area contributed by atoms with Gasteiger partial charge >= 0.3 is 0 Å². The Hall–Kier alpha value is -1.00. The normalized spacial score (nSPS) is 23.0. The summed E-state index contributed by atoms with van der Waals surface area (Å²) < 4.78 is 5.46. The van der Waals surface area contributed by atoms with Crippen LogP contribution in [0.3, 0.4) is 0 Å². The van der Waals surface area contributed by atoms with E-state index >= 15 is 0 Å². The molecule has 1 N–H and O–H groups in total. The molecule has 1 aliphatic carbocycles. The first-order chi connectivity index (χ1) is 10.7. The Morgan fingerprint density at radius 1 is 1.27 bits per heavy atom. The van der Waals surface area contributed by atoms with Crippen molar-refractivity contribution in [2.45, 2.75) is 49.5 Å². The van der Waals surface area contributed by atoms with Crippen LogP contribution < -0.4 is 5.32 Å². The topological polar surface area (TPSA) is 38.3 Å². The van der Waals surface area contributed by atoms with Crippen molar-refractivity contribution >= 4 is 17.7 Å². The first-order valence-electron chi connectivity index (χ1n) is 8.22. The molecule has 0 bridgehead atoms. The van der Waals surface area contributed by atoms with E-state index in [2.05, 4.69) is 35.8 Å². The highest BCUT2D eigenvalue weighted by molar-refractivity contribution is 7.98. The van der Waals surface area contributed by atoms with Gasteiger partial charge in [0.1, 0.15) is 0 Å². The molecule has 1 saturated heterocycles. The van der Waals surface area contributed by atoms with Crippen LogP contribution in [0.1, 0.15) is 37.7 Å². The zero-order valence-electron chi connectivity index (χ0n) is 13.3. The maximum absolute atomic E-state index is 12.2. The molecule has 1 spiro atoms. The molecule has 1 atom stereocenters. The maximum atomic E-state index is 12.2. The summed E-state index contributed by atoms with van der Waals surface area (Å²) in [5, 5.41) is 3.27. The largest absolute Gasteiger partial charge is 0.381 e. The van der Waals surface area contributed by atoms with E-state index in [9.17, 15) is 4.79 Å². The van der Waals surface area contributed by atoms with Crippen LogP contribution in [-0.4, -0.2) is 31.4 Å². The molecule has 1 aromatic carbocycles. The van der Waals surface area contributed by atoms with Crippen LogP contribution in [0, 0.1) is 5.41 Å². The van der Waals surface area contributed by atoms with Crippen LogP contribution in [0.25, 0.3) is 0 Å². The van der Waals surface area contributed by atoms with Gasteiger partial charge in [0.25, 0.3) is 0 Å². The predicted octanol–water partition coefficient (Wildman–Crippen LogP) is 3.42. The van der Waals surface area contributed by atoms with Crippen LogP contribution >= 0.6 is 11.8 Å². The Morgan fingerprint density at radius 3 is 2.59 bits per heavy atom. The number of amides is 1. The van der Waals surface area contributed by atoms with E-state index in [-0.39, 0.29) is 5.91 Å². The van der Waals surface area contributed by atoms with Gasteiger partial charge in [0.15, 0.2) is 0 Å². The fourth-order valence-corrected chi connectivity index (χ4v) is 4.02. The van der Waals surface area contributed by atoms with Crippen molar-refractivity contribution in [1.82, 2.24) is 5.32 Å². The van der Waals surface area contributed by atoms with Gasteiger partial charge in [0.05, 0.1) is 0 Å². The summed E-state index contributed by atoms with van der Waals surface area (Å²) in [6.07, 6.45) is 8.08. The van der Waals surface area contributed by atoms with E-state index in [1.807, 2.05) is 0 Å². The molecule has 3 nitrogen and oxygen atoms in total. The van der Waals surface area contributed by atoms with Gasteiger partial charge in [0, 0.05) is 30.6 Å². The Bertz CT molecular complexity index is 508. The summed E-state index contributed by atoms with van der Waals surface area (Å²) in [5.74, 6) is 0.199. The summed E-state index contributed by atoms with van der Waals surface area (Å²) in [7, 11) is 0. The number of rotatable bonds is 5. The van der Waals surface area contributed by atoms with Crippen molar-refractivity contribution in [3.63, 3.8) is 0 Å². The number of aryl methyl sites for hydroxylation is 1. The molecule has 1 saturated carbocycles. The van der Waals surface area contributed by atoms with E-state index in [4.69, 9.17) is 4.74 Å². The second kappa shape index (κ2) is 7.05. The smallest absolute Gasteiger partial charge is 0.220 e. The summed E-state index contributed by atoms with van der Waals surface area (Å²) >= 11 is 1.74. The van der Waals surface area contributed by atoms with Crippen molar-refractivity contribution in [3.05, 3.63) is 29.8 Å². The fourth-order valence-electron chi connectivity index (χ4n) is 3.62. The summed E-state index contributed by atoms with van der Waals surface area (Å²) in [4.78, 5) is 13.5. The molecule has 2 fully saturated rings. The number of carbonyl (C=O) groups excluding carboxylic acids is 1. The van der Waals surface area contributed by atoms with Crippen molar-refractivity contribution in [2.75, 3.05) is 19.5 Å². The monoisotopic (exact) mass is 319 g/mol. The standard InChI is InChI=1S/C18H25NO2S/c1-22-15-5-2-14(3-6-15)4-7-17(20)19-16-8-9-18(16)10-12-21-13-11-18/h2-3,5-6,16H,4,7-13H2,1H3,(H,19,20). The molecule has 1 unspecified atom stereocenters. The molecule has 2 aliphatic rings. The van der Waals surface area contributed by atoms with Crippen molar-refractivity contribution in [3.8, 4) is 0 Å². The zero-order valence-corrected chi connectivity index (χ0v) is 14.1. The fraction of sp³-hybridized carbons (Fsp3) is 0.611. The lowest BCUT2D eigenvalue weighted by Gasteiger charge is -2.52. The lowest BCUT2D eigenvalue weighted by Crippen LogP contribution is -2.57. The molecule has 1 aromatic rings. The van der Waals surface area contributed by atoms with Crippen LogP contribution in [-0.2, 0) is 16.0 Å². The second-order valence-electron chi connectivity index (χ2n) is 6.48. The number of hydrogen-bond acceptors (Lipinski definition) is 3. The first-order valence-corrected chi connectivity index (χ1v) is 9.44. The molecule has 3 rings (SSSR count). The van der Waals surface area contributed by atoms with Gasteiger partial charge < -0.3 is 10.1 Å². The lowest BCUT2D eigenvalue weighted by atomic mass is 9.60. The number of carbonyl (C=O) groups is 1. The molecule has 1 aliphatic heterocycles. The van der Waals surface area contributed by atoms with E-state index < -0.39 is 0 Å². The molecular formula is C18H25NO2S. The van der Waals surface area contributed by atoms with Crippen LogP contribution in [0.15, 0.2) is 29.2 Å². The van der Waals surface area contributed by atoms with E-state index in [0.717, 1.165) is 38.9 Å². The Balaban J connectivity index is 1.46. The molecule has 1 amide bonds. The average molecular weight is 319 g/mol. The van der Waals surface area contributed by atoms with Gasteiger partial charge in [-0.15, -0.1) is 11.8 Å². The van der Waals surface area contributed by atoms with Crippen LogP contribution in [0.4, 0.5) is 0 Å². The number of thioether (sulfide) groups is 1. The molecule has 22 heavy (non-hydrogen) atoms. The lowest BCUT2D eigenvalue weighted by molar-refractivity contribution is -0.127. The molecule has 120 valence electrons. The average Bonchev–Trinajstić information content (AvgIpc) is 2.58. The highest BCUT2D eigenvalue weighted by Gasteiger charge is 2.47. The van der Waals surface area contributed by atoms with Crippen molar-refractivity contribution in [1.29, 1.82) is 0 Å². The highest BCUT2D eigenvalue weighted by Crippen LogP contribution is 2.48. The van der Waals surface area contributed by atoms with Gasteiger partial charge in [-0.05, 0) is 61.5 Å². The minimum atomic E-state index is 0.199. The molecular weight excluding hydrogens is 294 g/mol. The van der Waals surface area contributed by atoms with Crippen LogP contribution in [0.5, 0.6) is 0 Å². The minimum Gasteiger partial charge on any atom is -0.381 e. The first kappa shape index (κ1) is 15.9. The summed E-state index contributed by atoms with van der Waals surface area (Å²) in [6, 6.07) is 8.88. The van der Waals surface area contributed by atoms with Crippen molar-refractivity contribution in [2.24, 2.45) is 5.41 Å². The molecule has 0 aromatic heterocycles. The zero-order chi connectivity index (χ0) is 15.4. The van der Waals surface area contributed by atoms with E-state index in [1.54, 1.807) is 11.8 Å². The third-order valence-corrected chi connectivity index (χ3v) is 6.04. The van der Waals surface area contributed by atoms with E-state index in [1.165, 1.54) is 16.9 Å². The maximum Gasteiger partial charge on any atom is 0.220 e. The summed E-state index contributed by atoms with van der Waals surface area (Å²) in [5.41, 5.74) is 1.58. The highest BCUT2D eigenvalue weighted by atomic mass is 32.2. The third kappa shape index (κ3) is 3.49. The Kier molecular flexibility index (Phi) is 5.09. The number of benzene rings is 1. The molecule has 0 radical (unpaired) electrons. The van der Waals surface area contributed by atoms with Gasteiger partial charge in [-0.1, -0.05) is 12.1 Å². The van der Waals surface area contributed by atoms with Crippen LogP contribution in [0.2, 0.25) is 0 Å². The van der Waals surface area contributed by atoms with Crippen molar-refractivity contribution < 1.29 is 9.53 Å². The number of ether oxygens (including phenoxy) is 1. The van der Waals surface area contributed by atoms with Gasteiger partial charge in [-0.25, -0.2) is 0 Å². The van der Waals surface area contributed by atoms with Gasteiger partial charge in [-0.2, -0.15) is 0 Å². The molecule has 4 heteroatoms. The van der Waals surface area contributed by atoms with Gasteiger partial charge in [-0.3, -0.25) is 4.79 Å². The predicted molar refractivity (Wildman–Crippen MR) is 90.2 cm³/mol.